The topological polar surface area (TPSA) is 114 Å². The van der Waals surface area contributed by atoms with Crippen LogP contribution in [-0.2, 0) is 26.0 Å². The molecule has 3 heterocycles. The summed E-state index contributed by atoms with van der Waals surface area (Å²) >= 11 is 0. The van der Waals surface area contributed by atoms with Crippen molar-refractivity contribution in [3.8, 4) is 0 Å². The Morgan fingerprint density at radius 1 is 1.07 bits per heavy atom. The molecule has 154 valence electrons. The van der Waals surface area contributed by atoms with Gasteiger partial charge in [-0.1, -0.05) is 5.16 Å². The number of sulfonamides is 1. The summed E-state index contributed by atoms with van der Waals surface area (Å²) < 4.78 is 32.3. The fourth-order valence-electron chi connectivity index (χ4n) is 3.94. The predicted molar refractivity (Wildman–Crippen MR) is 98.6 cm³/mol. The number of amides is 2. The molecule has 2 saturated heterocycles. The molecule has 28 heavy (non-hydrogen) atoms. The van der Waals surface area contributed by atoms with Crippen molar-refractivity contribution in [2.75, 3.05) is 25.4 Å². The van der Waals surface area contributed by atoms with E-state index in [9.17, 15) is 18.0 Å². The summed E-state index contributed by atoms with van der Waals surface area (Å²) in [5, 5.41) is 4.02. The minimum atomic E-state index is -3.53. The highest BCUT2D eigenvalue weighted by atomic mass is 32.2. The van der Waals surface area contributed by atoms with Crippen molar-refractivity contribution in [2.24, 2.45) is 5.92 Å². The Balaban J connectivity index is 1.33. The highest BCUT2D eigenvalue weighted by molar-refractivity contribution is 7.89. The Kier molecular flexibility index (Phi) is 5.50. The van der Waals surface area contributed by atoms with Gasteiger partial charge in [-0.15, -0.1) is 0 Å². The van der Waals surface area contributed by atoms with Crippen LogP contribution in [0.15, 0.2) is 4.52 Å². The zero-order valence-corrected chi connectivity index (χ0v) is 16.7. The summed E-state index contributed by atoms with van der Waals surface area (Å²) in [5.41, 5.74) is 0. The number of hydrogen-bond donors (Lipinski definition) is 0. The molecule has 1 saturated carbocycles. The lowest BCUT2D eigenvalue weighted by atomic mass is 9.96. The molecule has 3 fully saturated rings. The summed E-state index contributed by atoms with van der Waals surface area (Å²) in [7, 11) is -3.53. The third kappa shape index (κ3) is 4.43. The summed E-state index contributed by atoms with van der Waals surface area (Å²) in [6.45, 7) is 0.818. The van der Waals surface area contributed by atoms with Gasteiger partial charge in [0.1, 0.15) is 0 Å². The number of likely N-dealkylation sites (tertiary alicyclic amines) is 1. The molecule has 4 rings (SSSR count). The van der Waals surface area contributed by atoms with Gasteiger partial charge in [-0.25, -0.2) is 12.7 Å². The van der Waals surface area contributed by atoms with Crippen LogP contribution < -0.4 is 0 Å². The van der Waals surface area contributed by atoms with E-state index in [1.165, 1.54) is 4.31 Å². The molecular weight excluding hydrogens is 384 g/mol. The van der Waals surface area contributed by atoms with Gasteiger partial charge in [0.05, 0.1) is 5.75 Å². The highest BCUT2D eigenvalue weighted by Crippen LogP contribution is 2.38. The smallest absolute Gasteiger partial charge is 0.229 e. The summed E-state index contributed by atoms with van der Waals surface area (Å²) in [5.74, 6) is 1.15. The lowest BCUT2D eigenvalue weighted by Crippen LogP contribution is -2.46. The molecule has 2 amide bonds. The lowest BCUT2D eigenvalue weighted by Gasteiger charge is -2.32. The van der Waals surface area contributed by atoms with Crippen LogP contribution in [0.5, 0.6) is 0 Å². The fraction of sp³-hybridized carbons (Fsp3) is 0.778. The molecule has 3 aliphatic rings. The molecule has 0 N–H and O–H groups in total. The Hall–Kier alpha value is -1.81. The van der Waals surface area contributed by atoms with Gasteiger partial charge >= 0.3 is 0 Å². The van der Waals surface area contributed by atoms with Crippen molar-refractivity contribution in [3.05, 3.63) is 11.7 Å². The molecule has 0 spiro atoms. The van der Waals surface area contributed by atoms with E-state index in [1.807, 2.05) is 0 Å². The van der Waals surface area contributed by atoms with E-state index in [4.69, 9.17) is 4.52 Å². The van der Waals surface area contributed by atoms with Crippen molar-refractivity contribution < 1.29 is 22.5 Å². The maximum absolute atomic E-state index is 12.8. The Morgan fingerprint density at radius 3 is 2.54 bits per heavy atom. The van der Waals surface area contributed by atoms with Crippen LogP contribution in [0.1, 0.15) is 62.6 Å². The van der Waals surface area contributed by atoms with E-state index >= 15 is 0 Å². The van der Waals surface area contributed by atoms with Gasteiger partial charge in [0, 0.05) is 44.8 Å². The van der Waals surface area contributed by atoms with E-state index in [0.29, 0.717) is 50.6 Å². The average Bonchev–Trinajstić information content (AvgIpc) is 3.41. The normalized spacial score (nSPS) is 24.7. The largest absolute Gasteiger partial charge is 0.339 e. The second kappa shape index (κ2) is 7.90. The molecule has 0 bridgehead atoms. The number of imide groups is 1. The van der Waals surface area contributed by atoms with Gasteiger partial charge in [-0.3, -0.25) is 14.5 Å². The Morgan fingerprint density at radius 2 is 1.82 bits per heavy atom. The molecule has 1 atom stereocenters. The molecule has 0 unspecified atom stereocenters. The first-order chi connectivity index (χ1) is 13.4. The van der Waals surface area contributed by atoms with Crippen molar-refractivity contribution in [3.63, 3.8) is 0 Å². The number of piperidine rings is 2. The third-order valence-electron chi connectivity index (χ3n) is 5.72. The number of aromatic nitrogens is 2. The summed E-state index contributed by atoms with van der Waals surface area (Å²) in [4.78, 5) is 29.3. The number of carbonyl (C=O) groups excluding carboxylic acids is 2. The molecule has 1 aromatic heterocycles. The lowest BCUT2D eigenvalue weighted by molar-refractivity contribution is -0.147. The second-order valence-electron chi connectivity index (χ2n) is 8.00. The minimum absolute atomic E-state index is 0.0599. The van der Waals surface area contributed by atoms with Gasteiger partial charge in [0.2, 0.25) is 27.7 Å². The van der Waals surface area contributed by atoms with Crippen LogP contribution in [0.25, 0.3) is 0 Å². The minimum Gasteiger partial charge on any atom is -0.339 e. The average molecular weight is 410 g/mol. The molecule has 10 heteroatoms. The SMILES string of the molecule is O=C1CCCC(=O)N1CCS(=O)(=O)N1CCC[C@@H](Cc2nc(C3CC3)no2)C1. The van der Waals surface area contributed by atoms with Crippen molar-refractivity contribution in [1.29, 1.82) is 0 Å². The monoisotopic (exact) mass is 410 g/mol. The number of nitrogens with zero attached hydrogens (tertiary/aromatic N) is 4. The summed E-state index contributed by atoms with van der Waals surface area (Å²) in [6.07, 6.45) is 5.65. The first-order valence-corrected chi connectivity index (χ1v) is 11.7. The van der Waals surface area contributed by atoms with Gasteiger partial charge in [0.25, 0.3) is 0 Å². The molecular formula is C18H26N4O5S. The Labute approximate surface area is 164 Å². The van der Waals surface area contributed by atoms with Crippen molar-refractivity contribution >= 4 is 21.8 Å². The maximum atomic E-state index is 12.8. The third-order valence-corrected chi connectivity index (χ3v) is 7.54. The quantitative estimate of drug-likeness (QED) is 0.618. The molecule has 0 aromatic carbocycles. The van der Waals surface area contributed by atoms with Crippen LogP contribution in [0.2, 0.25) is 0 Å². The van der Waals surface area contributed by atoms with Crippen LogP contribution in [-0.4, -0.2) is 65.0 Å². The zero-order valence-electron chi connectivity index (χ0n) is 15.9. The first kappa shape index (κ1) is 19.5. The first-order valence-electron chi connectivity index (χ1n) is 10.1. The molecule has 9 nitrogen and oxygen atoms in total. The predicted octanol–water partition coefficient (Wildman–Crippen LogP) is 1.07. The standard InChI is InChI=1S/C18H26N4O5S/c23-16-4-1-5-17(24)22(16)9-10-28(25,26)21-8-2-3-13(12-21)11-15-19-18(20-27-15)14-6-7-14/h13-14H,1-12H2/t13-/m0/s1. The maximum Gasteiger partial charge on any atom is 0.229 e. The van der Waals surface area contributed by atoms with Crippen LogP contribution >= 0.6 is 0 Å². The van der Waals surface area contributed by atoms with Gasteiger partial charge in [0.15, 0.2) is 5.82 Å². The number of carbonyl (C=O) groups is 2. The van der Waals surface area contributed by atoms with E-state index in [2.05, 4.69) is 10.1 Å². The van der Waals surface area contributed by atoms with E-state index in [1.54, 1.807) is 0 Å². The molecule has 2 aliphatic heterocycles. The van der Waals surface area contributed by atoms with E-state index < -0.39 is 10.0 Å². The number of rotatable bonds is 7. The molecule has 1 aliphatic carbocycles. The van der Waals surface area contributed by atoms with E-state index in [0.717, 1.165) is 36.4 Å². The Bertz CT molecular complexity index is 832. The van der Waals surface area contributed by atoms with Crippen LogP contribution in [0, 0.1) is 5.92 Å². The molecule has 1 aromatic rings. The summed E-state index contributed by atoms with van der Waals surface area (Å²) in [6, 6.07) is 0. The zero-order chi connectivity index (χ0) is 19.7. The second-order valence-corrected chi connectivity index (χ2v) is 10.1. The van der Waals surface area contributed by atoms with Gasteiger partial charge in [-0.2, -0.15) is 4.98 Å². The van der Waals surface area contributed by atoms with Crippen LogP contribution in [0.4, 0.5) is 0 Å². The van der Waals surface area contributed by atoms with Crippen molar-refractivity contribution in [2.45, 2.75) is 57.3 Å². The molecule has 0 radical (unpaired) electrons. The highest BCUT2D eigenvalue weighted by Gasteiger charge is 2.33. The van der Waals surface area contributed by atoms with Gasteiger partial charge in [-0.05, 0) is 38.0 Å². The van der Waals surface area contributed by atoms with Crippen LogP contribution in [0.3, 0.4) is 0 Å². The van der Waals surface area contributed by atoms with E-state index in [-0.39, 0.29) is 30.0 Å². The van der Waals surface area contributed by atoms with Crippen molar-refractivity contribution in [1.82, 2.24) is 19.3 Å². The van der Waals surface area contributed by atoms with Gasteiger partial charge < -0.3 is 4.52 Å². The number of hydrogen-bond acceptors (Lipinski definition) is 7. The fourth-order valence-corrected chi connectivity index (χ4v) is 5.45.